The molecule has 276 valence electrons. The van der Waals surface area contributed by atoms with E-state index in [1.54, 1.807) is 6.92 Å². The summed E-state index contributed by atoms with van der Waals surface area (Å²) in [6, 6.07) is 0. The summed E-state index contributed by atoms with van der Waals surface area (Å²) in [4.78, 5) is 0. The Balaban J connectivity index is 0. The molecule has 0 heterocycles. The van der Waals surface area contributed by atoms with Crippen LogP contribution in [-0.2, 0) is 80.1 Å². The Labute approximate surface area is 290 Å². The van der Waals surface area contributed by atoms with Crippen LogP contribution < -0.4 is 0 Å². The van der Waals surface area contributed by atoms with Gasteiger partial charge in [-0.2, -0.15) is 0 Å². The van der Waals surface area contributed by atoms with Gasteiger partial charge in [-0.1, -0.05) is 0 Å². The molecule has 3 aromatic carbocycles. The number of methoxy groups -OCH3 is 3. The molecular formula is C29H30F12O7Zr. The van der Waals surface area contributed by atoms with Crippen LogP contribution in [0.25, 0.3) is 0 Å². The van der Waals surface area contributed by atoms with Gasteiger partial charge in [-0.3, -0.25) is 0 Å². The maximum Gasteiger partial charge on any atom is 0.167 e. The molecule has 0 aliphatic heterocycles. The number of benzene rings is 3. The quantitative estimate of drug-likeness (QED) is 0.164. The Hall–Kier alpha value is -2.58. The number of hydrogen-bond donors (Lipinski definition) is 4. The van der Waals surface area contributed by atoms with Crippen LogP contribution in [0.15, 0.2) is 0 Å². The molecule has 0 radical (unpaired) electrons. The van der Waals surface area contributed by atoms with E-state index in [0.717, 1.165) is 21.3 Å². The minimum atomic E-state index is -1.59. The Morgan fingerprint density at radius 3 is 0.571 bits per heavy atom. The van der Waals surface area contributed by atoms with Crippen LogP contribution in [0.4, 0.5) is 52.7 Å². The average Bonchev–Trinajstić information content (AvgIpc) is 3.06. The van der Waals surface area contributed by atoms with Gasteiger partial charge in [0.15, 0.2) is 69.8 Å². The van der Waals surface area contributed by atoms with E-state index in [2.05, 4.69) is 14.2 Å². The van der Waals surface area contributed by atoms with Crippen molar-refractivity contribution in [3.63, 3.8) is 0 Å². The normalized spacial score (nSPS) is 10.3. The van der Waals surface area contributed by atoms with Crippen LogP contribution in [0.3, 0.4) is 0 Å². The molecule has 7 nitrogen and oxygen atoms in total. The first kappa shape index (κ1) is 48.5. The predicted molar refractivity (Wildman–Crippen MR) is 141 cm³/mol. The molecule has 0 aromatic heterocycles. The van der Waals surface area contributed by atoms with Gasteiger partial charge in [-0.25, -0.2) is 52.7 Å². The molecular weight excluding hydrogens is 780 g/mol. The molecule has 3 rings (SSSR count). The van der Waals surface area contributed by atoms with Crippen molar-refractivity contribution in [3.8, 4) is 0 Å². The summed E-state index contributed by atoms with van der Waals surface area (Å²) in [7, 11) is 3.40. The predicted octanol–water partition coefficient (Wildman–Crippen LogP) is 5.64. The fraction of sp³-hybridized carbons (Fsp3) is 0.379. The third-order valence-electron chi connectivity index (χ3n) is 5.68. The summed E-state index contributed by atoms with van der Waals surface area (Å²) in [6.07, 6.45) is 0. The molecule has 0 aliphatic carbocycles. The fourth-order valence-electron chi connectivity index (χ4n) is 3.40. The first-order chi connectivity index (χ1) is 22.5. The number of aliphatic hydroxyl groups is 4. The molecule has 0 unspecified atom stereocenters. The minimum absolute atomic E-state index is 0. The molecule has 0 amide bonds. The van der Waals surface area contributed by atoms with Crippen molar-refractivity contribution in [2.45, 2.75) is 46.6 Å². The van der Waals surface area contributed by atoms with Crippen molar-refractivity contribution >= 4 is 0 Å². The molecule has 0 aliphatic rings. The number of aliphatic hydroxyl groups excluding tert-OH is 4. The SMILES string of the molecule is CCO.COCc1c(F)c(F)c(CO)c(F)c1F.COCc1c(F)c(F)c(CO)c(F)c1F.COCc1c(F)c(F)c(CO)c(F)c1F.[Zr]. The van der Waals surface area contributed by atoms with Crippen molar-refractivity contribution in [3.05, 3.63) is 103 Å². The monoisotopic (exact) mass is 808 g/mol. The third-order valence-corrected chi connectivity index (χ3v) is 5.68. The summed E-state index contributed by atoms with van der Waals surface area (Å²) >= 11 is 0. The van der Waals surface area contributed by atoms with Crippen LogP contribution in [0.2, 0.25) is 0 Å². The van der Waals surface area contributed by atoms with Crippen molar-refractivity contribution in [2.24, 2.45) is 0 Å². The topological polar surface area (TPSA) is 109 Å². The van der Waals surface area contributed by atoms with E-state index in [-0.39, 0.29) is 32.8 Å². The number of halogens is 12. The van der Waals surface area contributed by atoms with Crippen LogP contribution in [0.5, 0.6) is 0 Å². The molecule has 0 atom stereocenters. The van der Waals surface area contributed by atoms with E-state index in [1.165, 1.54) is 0 Å². The number of rotatable bonds is 9. The van der Waals surface area contributed by atoms with Gasteiger partial charge in [-0.05, 0) is 6.92 Å². The van der Waals surface area contributed by atoms with E-state index in [1.807, 2.05) is 0 Å². The number of ether oxygens (including phenoxy) is 3. The smallest absolute Gasteiger partial charge is 0.167 e. The molecule has 0 fully saturated rings. The zero-order valence-electron chi connectivity index (χ0n) is 26.0. The van der Waals surface area contributed by atoms with Crippen molar-refractivity contribution in [2.75, 3.05) is 27.9 Å². The van der Waals surface area contributed by atoms with Crippen LogP contribution >= 0.6 is 0 Å². The Kier molecular flexibility index (Phi) is 23.5. The fourth-order valence-corrected chi connectivity index (χ4v) is 3.40. The Morgan fingerprint density at radius 1 is 0.347 bits per heavy atom. The average molecular weight is 810 g/mol. The molecule has 49 heavy (non-hydrogen) atoms. The van der Waals surface area contributed by atoms with Gasteiger partial charge in [0.1, 0.15) is 0 Å². The minimum Gasteiger partial charge on any atom is -0.397 e. The Morgan fingerprint density at radius 2 is 0.469 bits per heavy atom. The molecule has 0 spiro atoms. The standard InChI is InChI=1S/3C9H8F4O2.C2H6O.Zr/c3*1-15-3-5-8(12)6(10)4(2-14)7(11)9(5)13;1-2-3;/h3*14H,2-3H2,1H3;3H,2H2,1H3;. The van der Waals surface area contributed by atoms with Gasteiger partial charge in [0.25, 0.3) is 0 Å². The zero-order valence-corrected chi connectivity index (χ0v) is 28.5. The second-order valence-electron chi connectivity index (χ2n) is 8.73. The van der Waals surface area contributed by atoms with E-state index in [9.17, 15) is 52.7 Å². The van der Waals surface area contributed by atoms with Gasteiger partial charge < -0.3 is 34.6 Å². The molecule has 20 heteroatoms. The van der Waals surface area contributed by atoms with Crippen LogP contribution in [-0.4, -0.2) is 48.4 Å². The molecule has 3 aromatic rings. The largest absolute Gasteiger partial charge is 0.397 e. The summed E-state index contributed by atoms with van der Waals surface area (Å²) in [5, 5.41) is 33.1. The van der Waals surface area contributed by atoms with Gasteiger partial charge >= 0.3 is 0 Å². The van der Waals surface area contributed by atoms with Crippen molar-refractivity contribution < 1.29 is 114 Å². The van der Waals surface area contributed by atoms with Gasteiger partial charge in [0.2, 0.25) is 0 Å². The van der Waals surface area contributed by atoms with Gasteiger partial charge in [-0.15, -0.1) is 0 Å². The third kappa shape index (κ3) is 12.0. The first-order valence-corrected chi connectivity index (χ1v) is 13.0. The first-order valence-electron chi connectivity index (χ1n) is 13.0. The Bertz CT molecular complexity index is 1250. The van der Waals surface area contributed by atoms with Gasteiger partial charge in [0, 0.05) is 54.1 Å². The van der Waals surface area contributed by atoms with Crippen LogP contribution in [0, 0.1) is 69.8 Å². The van der Waals surface area contributed by atoms with E-state index in [4.69, 9.17) is 20.4 Å². The second-order valence-corrected chi connectivity index (χ2v) is 8.73. The van der Waals surface area contributed by atoms with Gasteiger partial charge in [0.05, 0.1) is 73.0 Å². The molecule has 0 bridgehead atoms. The molecule has 4 N–H and O–H groups in total. The summed E-state index contributed by atoms with van der Waals surface area (Å²) in [5.74, 6) is -18.8. The summed E-state index contributed by atoms with van der Waals surface area (Å²) in [5.41, 5.74) is -5.56. The van der Waals surface area contributed by atoms with Crippen LogP contribution in [0.1, 0.15) is 40.3 Å². The summed E-state index contributed by atoms with van der Waals surface area (Å²) < 4.78 is 170. The van der Waals surface area contributed by atoms with E-state index >= 15 is 0 Å². The molecule has 0 saturated carbocycles. The maximum atomic E-state index is 13.1. The summed E-state index contributed by atoms with van der Waals surface area (Å²) in [6.45, 7) is -3.16. The van der Waals surface area contributed by atoms with Crippen molar-refractivity contribution in [1.29, 1.82) is 0 Å². The molecule has 0 saturated heterocycles. The van der Waals surface area contributed by atoms with Crippen molar-refractivity contribution in [1.82, 2.24) is 0 Å². The van der Waals surface area contributed by atoms with E-state index in [0.29, 0.717) is 0 Å². The maximum absolute atomic E-state index is 13.1. The number of hydrogen-bond acceptors (Lipinski definition) is 7. The van der Waals surface area contributed by atoms with E-state index < -0.39 is 143 Å². The second kappa shape index (κ2) is 23.8. The zero-order chi connectivity index (χ0) is 37.5.